The van der Waals surface area contributed by atoms with Crippen LogP contribution in [0.5, 0.6) is 11.5 Å². The zero-order chi connectivity index (χ0) is 25.8. The van der Waals surface area contributed by atoms with Crippen LogP contribution in [-0.4, -0.2) is 53.2 Å². The molecule has 36 heavy (non-hydrogen) atoms. The first-order chi connectivity index (χ1) is 17.3. The Balaban J connectivity index is 1.81. The second kappa shape index (κ2) is 10.7. The maximum absolute atomic E-state index is 11.7. The number of primary amides is 1. The van der Waals surface area contributed by atoms with Crippen LogP contribution in [0.3, 0.4) is 0 Å². The summed E-state index contributed by atoms with van der Waals surface area (Å²) in [5.74, 6) is -0.695. The number of carbonyl (C=O) groups is 2. The first-order valence-corrected chi connectivity index (χ1v) is 12.0. The number of carbonyl (C=O) groups excluding carboxylic acids is 1. The number of phenolic OH excluding ortho intramolecular Hbond substituents is 1. The summed E-state index contributed by atoms with van der Waals surface area (Å²) in [4.78, 5) is 25.4. The van der Waals surface area contributed by atoms with Gasteiger partial charge in [-0.2, -0.15) is 0 Å². The van der Waals surface area contributed by atoms with Gasteiger partial charge in [-0.3, -0.25) is 4.79 Å². The van der Waals surface area contributed by atoms with Crippen molar-refractivity contribution >= 4 is 33.4 Å². The molecule has 0 saturated heterocycles. The molecular formula is C29H30N2O5. The molecule has 4 N–H and O–H groups in total. The number of benzene rings is 4. The number of nitrogens with zero attached hydrogens (tertiary/aromatic N) is 1. The van der Waals surface area contributed by atoms with Crippen LogP contribution in [0.1, 0.15) is 45.7 Å². The largest absolute Gasteiger partial charge is 0.508 e. The maximum Gasteiger partial charge on any atom is 0.335 e. The summed E-state index contributed by atoms with van der Waals surface area (Å²) in [5, 5.41) is 23.5. The summed E-state index contributed by atoms with van der Waals surface area (Å²) in [6, 6.07) is 17.2. The van der Waals surface area contributed by atoms with Crippen LogP contribution >= 0.6 is 0 Å². The molecule has 0 saturated carbocycles. The van der Waals surface area contributed by atoms with Crippen molar-refractivity contribution in [3.05, 3.63) is 82.9 Å². The van der Waals surface area contributed by atoms with Crippen LogP contribution < -0.4 is 10.5 Å². The lowest BCUT2D eigenvalue weighted by atomic mass is 9.92. The molecule has 0 radical (unpaired) electrons. The minimum absolute atomic E-state index is 0.127. The summed E-state index contributed by atoms with van der Waals surface area (Å²) in [7, 11) is 0. The topological polar surface area (TPSA) is 113 Å². The second-order valence-electron chi connectivity index (χ2n) is 8.70. The smallest absolute Gasteiger partial charge is 0.335 e. The average molecular weight is 487 g/mol. The fraction of sp³-hybridized carbons (Fsp3) is 0.241. The molecule has 0 aromatic heterocycles. The molecule has 7 nitrogen and oxygen atoms in total. The van der Waals surface area contributed by atoms with E-state index < -0.39 is 11.9 Å². The van der Waals surface area contributed by atoms with Crippen LogP contribution in [0.4, 0.5) is 0 Å². The number of carboxylic acids is 1. The molecule has 0 aliphatic rings. The van der Waals surface area contributed by atoms with Crippen LogP contribution in [-0.2, 0) is 6.42 Å². The van der Waals surface area contributed by atoms with E-state index >= 15 is 0 Å². The number of hydrogen-bond acceptors (Lipinski definition) is 5. The van der Waals surface area contributed by atoms with Gasteiger partial charge in [0.2, 0.25) is 5.91 Å². The number of fused-ring (bicyclic) bond motifs is 2. The lowest BCUT2D eigenvalue weighted by molar-refractivity contribution is 0.0696. The fourth-order valence-corrected chi connectivity index (χ4v) is 4.55. The molecule has 0 heterocycles. The molecule has 0 fully saturated rings. The summed E-state index contributed by atoms with van der Waals surface area (Å²) in [6.07, 6.45) is 0.351. The highest BCUT2D eigenvalue weighted by Crippen LogP contribution is 2.36. The quantitative estimate of drug-likeness (QED) is 0.297. The molecule has 186 valence electrons. The first-order valence-electron chi connectivity index (χ1n) is 12.0. The Kier molecular flexibility index (Phi) is 7.41. The summed E-state index contributed by atoms with van der Waals surface area (Å²) in [5.41, 5.74) is 7.59. The SMILES string of the molecule is CCN(CC)CCOc1ccc2cc(C(=O)O)ccc2c1Cc1c(O)ccc2cc(C(N)=O)ccc12. The van der Waals surface area contributed by atoms with Crippen molar-refractivity contribution in [2.45, 2.75) is 20.3 Å². The van der Waals surface area contributed by atoms with E-state index in [0.717, 1.165) is 46.7 Å². The zero-order valence-corrected chi connectivity index (χ0v) is 20.5. The third-order valence-electron chi connectivity index (χ3n) is 6.64. The Labute approximate surface area is 209 Å². The lowest BCUT2D eigenvalue weighted by Crippen LogP contribution is -2.28. The molecule has 1 amide bonds. The average Bonchev–Trinajstić information content (AvgIpc) is 2.88. The van der Waals surface area contributed by atoms with Gasteiger partial charge in [-0.05, 0) is 71.0 Å². The minimum Gasteiger partial charge on any atom is -0.508 e. The van der Waals surface area contributed by atoms with Gasteiger partial charge in [0.25, 0.3) is 0 Å². The van der Waals surface area contributed by atoms with Crippen molar-refractivity contribution in [2.75, 3.05) is 26.2 Å². The number of rotatable bonds is 10. The maximum atomic E-state index is 11.7. The Morgan fingerprint density at radius 3 is 2.11 bits per heavy atom. The Morgan fingerprint density at radius 2 is 1.47 bits per heavy atom. The van der Waals surface area contributed by atoms with Crippen LogP contribution in [0.15, 0.2) is 60.7 Å². The van der Waals surface area contributed by atoms with Crippen molar-refractivity contribution in [3.8, 4) is 11.5 Å². The van der Waals surface area contributed by atoms with E-state index in [-0.39, 0.29) is 11.3 Å². The van der Waals surface area contributed by atoms with E-state index in [2.05, 4.69) is 18.7 Å². The number of aromatic carboxylic acids is 1. The van der Waals surface area contributed by atoms with Gasteiger partial charge in [-0.1, -0.05) is 38.1 Å². The normalized spacial score (nSPS) is 11.3. The van der Waals surface area contributed by atoms with E-state index in [4.69, 9.17) is 10.5 Å². The van der Waals surface area contributed by atoms with Crippen molar-refractivity contribution in [3.63, 3.8) is 0 Å². The van der Waals surface area contributed by atoms with E-state index in [0.29, 0.717) is 29.9 Å². The predicted octanol–water partition coefficient (Wildman–Crippen LogP) is 4.81. The van der Waals surface area contributed by atoms with Gasteiger partial charge < -0.3 is 25.6 Å². The summed E-state index contributed by atoms with van der Waals surface area (Å²) in [6.45, 7) is 7.35. The van der Waals surface area contributed by atoms with E-state index in [1.54, 1.807) is 48.5 Å². The molecule has 0 spiro atoms. The Hall–Kier alpha value is -4.10. The lowest BCUT2D eigenvalue weighted by Gasteiger charge is -2.20. The van der Waals surface area contributed by atoms with Crippen molar-refractivity contribution in [1.82, 2.24) is 4.90 Å². The molecule has 0 bridgehead atoms. The standard InChI is InChI=1S/C29H30N2O5/c1-3-31(4-2)13-14-36-27-12-8-19-16-21(29(34)35)6-10-23(19)25(27)17-24-22-9-5-20(28(30)33)15-18(22)7-11-26(24)32/h5-12,15-16,32H,3-4,13-14,17H2,1-2H3,(H2,30,33)(H,34,35). The molecule has 4 rings (SSSR count). The van der Waals surface area contributed by atoms with Gasteiger partial charge in [0.05, 0.1) is 5.56 Å². The summed E-state index contributed by atoms with van der Waals surface area (Å²) >= 11 is 0. The molecule has 4 aromatic carbocycles. The van der Waals surface area contributed by atoms with Gasteiger partial charge in [-0.15, -0.1) is 0 Å². The minimum atomic E-state index is -0.991. The van der Waals surface area contributed by atoms with Crippen molar-refractivity contribution in [1.29, 1.82) is 0 Å². The highest BCUT2D eigenvalue weighted by atomic mass is 16.5. The second-order valence-corrected chi connectivity index (χ2v) is 8.70. The first kappa shape index (κ1) is 25.0. The molecule has 0 aliphatic heterocycles. The number of hydrogen-bond donors (Lipinski definition) is 3. The molecule has 7 heteroatoms. The van der Waals surface area contributed by atoms with Gasteiger partial charge >= 0.3 is 5.97 Å². The fourth-order valence-electron chi connectivity index (χ4n) is 4.55. The predicted molar refractivity (Wildman–Crippen MR) is 141 cm³/mol. The molecule has 0 atom stereocenters. The highest BCUT2D eigenvalue weighted by Gasteiger charge is 2.17. The third kappa shape index (κ3) is 5.11. The van der Waals surface area contributed by atoms with Gasteiger partial charge in [0.1, 0.15) is 18.1 Å². The van der Waals surface area contributed by atoms with Gasteiger partial charge in [0, 0.05) is 29.7 Å². The molecule has 0 aliphatic carbocycles. The summed E-state index contributed by atoms with van der Waals surface area (Å²) < 4.78 is 6.23. The number of likely N-dealkylation sites (N-methyl/N-ethyl adjacent to an activating group) is 1. The van der Waals surface area contributed by atoms with E-state index in [9.17, 15) is 19.8 Å². The number of amides is 1. The van der Waals surface area contributed by atoms with Crippen LogP contribution in [0.2, 0.25) is 0 Å². The highest BCUT2D eigenvalue weighted by molar-refractivity contribution is 6.00. The van der Waals surface area contributed by atoms with Gasteiger partial charge in [-0.25, -0.2) is 4.79 Å². The Bertz CT molecular complexity index is 1440. The molecular weight excluding hydrogens is 456 g/mol. The zero-order valence-electron chi connectivity index (χ0n) is 20.5. The van der Waals surface area contributed by atoms with Crippen molar-refractivity contribution < 1.29 is 24.5 Å². The molecule has 4 aromatic rings. The van der Waals surface area contributed by atoms with E-state index in [1.807, 2.05) is 12.1 Å². The van der Waals surface area contributed by atoms with Crippen molar-refractivity contribution in [2.24, 2.45) is 5.73 Å². The number of carboxylic acid groups (broad SMARTS) is 1. The monoisotopic (exact) mass is 486 g/mol. The van der Waals surface area contributed by atoms with E-state index in [1.165, 1.54) is 0 Å². The van der Waals surface area contributed by atoms with Crippen LogP contribution in [0, 0.1) is 0 Å². The molecule has 0 unspecified atom stereocenters. The number of aromatic hydroxyl groups is 1. The number of nitrogens with two attached hydrogens (primary N) is 1. The number of ether oxygens (including phenoxy) is 1. The number of phenols is 1. The van der Waals surface area contributed by atoms with Crippen LogP contribution in [0.25, 0.3) is 21.5 Å². The Morgan fingerprint density at radius 1 is 0.861 bits per heavy atom. The third-order valence-corrected chi connectivity index (χ3v) is 6.64. The van der Waals surface area contributed by atoms with Gasteiger partial charge in [0.15, 0.2) is 0 Å².